The van der Waals surface area contributed by atoms with Gasteiger partial charge in [-0.2, -0.15) is 0 Å². The van der Waals surface area contributed by atoms with E-state index < -0.39 is 0 Å². The summed E-state index contributed by atoms with van der Waals surface area (Å²) in [5.74, 6) is 2.26. The van der Waals surface area contributed by atoms with Crippen molar-refractivity contribution in [2.45, 2.75) is 38.3 Å². The van der Waals surface area contributed by atoms with Gasteiger partial charge in [-0.3, -0.25) is 4.90 Å². The van der Waals surface area contributed by atoms with Gasteiger partial charge in [0, 0.05) is 31.7 Å². The standard InChI is InChI=1S/C12H22N2/c1-9-8-13(2)3-4-14(9)12-6-10-5-11(10)7-12/h9-12H,3-8H2,1-2H3. The van der Waals surface area contributed by atoms with Crippen LogP contribution in [0.4, 0.5) is 0 Å². The summed E-state index contributed by atoms with van der Waals surface area (Å²) in [5, 5.41) is 0. The molecule has 2 heteroatoms. The van der Waals surface area contributed by atoms with Gasteiger partial charge in [-0.15, -0.1) is 0 Å². The number of piperazine rings is 1. The summed E-state index contributed by atoms with van der Waals surface area (Å²) in [5.41, 5.74) is 0. The molecule has 0 amide bonds. The Morgan fingerprint density at radius 2 is 1.71 bits per heavy atom. The molecule has 1 saturated heterocycles. The van der Waals surface area contributed by atoms with Crippen molar-refractivity contribution in [3.63, 3.8) is 0 Å². The van der Waals surface area contributed by atoms with Gasteiger partial charge in [0.15, 0.2) is 0 Å². The minimum Gasteiger partial charge on any atom is -0.304 e. The molecule has 2 nitrogen and oxygen atoms in total. The van der Waals surface area contributed by atoms with Crippen LogP contribution in [-0.4, -0.2) is 48.6 Å². The molecule has 0 aromatic heterocycles. The molecule has 3 atom stereocenters. The largest absolute Gasteiger partial charge is 0.304 e. The Hall–Kier alpha value is -0.0800. The first kappa shape index (κ1) is 9.17. The van der Waals surface area contributed by atoms with E-state index in [0.717, 1.165) is 23.9 Å². The van der Waals surface area contributed by atoms with Crippen LogP contribution < -0.4 is 0 Å². The van der Waals surface area contributed by atoms with E-state index in [1.165, 1.54) is 32.5 Å². The van der Waals surface area contributed by atoms with Crippen molar-refractivity contribution in [2.75, 3.05) is 26.7 Å². The minimum atomic E-state index is 0.788. The molecule has 3 unspecified atom stereocenters. The van der Waals surface area contributed by atoms with Gasteiger partial charge in [-0.05, 0) is 45.1 Å². The molecule has 14 heavy (non-hydrogen) atoms. The average molecular weight is 194 g/mol. The summed E-state index contributed by atoms with van der Waals surface area (Å²) in [4.78, 5) is 5.25. The van der Waals surface area contributed by atoms with Crippen LogP contribution in [0.15, 0.2) is 0 Å². The number of hydrogen-bond acceptors (Lipinski definition) is 2. The van der Waals surface area contributed by atoms with Crippen molar-refractivity contribution >= 4 is 0 Å². The summed E-state index contributed by atoms with van der Waals surface area (Å²) < 4.78 is 0. The third kappa shape index (κ3) is 1.49. The quantitative estimate of drug-likeness (QED) is 0.623. The molecule has 3 rings (SSSR count). The molecule has 0 aromatic carbocycles. The fraction of sp³-hybridized carbons (Fsp3) is 1.00. The second kappa shape index (κ2) is 3.21. The molecule has 80 valence electrons. The first-order chi connectivity index (χ1) is 6.74. The number of rotatable bonds is 1. The zero-order valence-electron chi connectivity index (χ0n) is 9.45. The van der Waals surface area contributed by atoms with Gasteiger partial charge in [0.1, 0.15) is 0 Å². The first-order valence-electron chi connectivity index (χ1n) is 6.18. The highest BCUT2D eigenvalue weighted by atomic mass is 15.3. The van der Waals surface area contributed by atoms with E-state index in [1.807, 2.05) is 0 Å². The Morgan fingerprint density at radius 1 is 1.00 bits per heavy atom. The van der Waals surface area contributed by atoms with Crippen LogP contribution in [0.5, 0.6) is 0 Å². The molecule has 2 saturated carbocycles. The zero-order valence-corrected chi connectivity index (χ0v) is 9.45. The number of nitrogens with zero attached hydrogens (tertiary/aromatic N) is 2. The minimum absolute atomic E-state index is 0.788. The molecule has 0 N–H and O–H groups in total. The van der Waals surface area contributed by atoms with Crippen molar-refractivity contribution in [2.24, 2.45) is 11.8 Å². The van der Waals surface area contributed by atoms with Crippen molar-refractivity contribution in [1.82, 2.24) is 9.80 Å². The molecule has 0 bridgehead atoms. The van der Waals surface area contributed by atoms with Gasteiger partial charge in [0.05, 0.1) is 0 Å². The Labute approximate surface area is 87.3 Å². The number of likely N-dealkylation sites (N-methyl/N-ethyl adjacent to an activating group) is 1. The van der Waals surface area contributed by atoms with Crippen molar-refractivity contribution in [1.29, 1.82) is 0 Å². The Bertz CT molecular complexity index is 218. The predicted molar refractivity (Wildman–Crippen MR) is 58.3 cm³/mol. The molecular weight excluding hydrogens is 172 g/mol. The SMILES string of the molecule is CC1CN(C)CCN1C1CC2CC2C1. The van der Waals surface area contributed by atoms with Crippen molar-refractivity contribution in [3.05, 3.63) is 0 Å². The van der Waals surface area contributed by atoms with Crippen LogP contribution in [0.25, 0.3) is 0 Å². The Kier molecular flexibility index (Phi) is 2.10. The van der Waals surface area contributed by atoms with Gasteiger partial charge in [-0.25, -0.2) is 0 Å². The number of hydrogen-bond donors (Lipinski definition) is 0. The summed E-state index contributed by atoms with van der Waals surface area (Å²) in [6, 6.07) is 1.73. The third-order valence-electron chi connectivity index (χ3n) is 4.57. The van der Waals surface area contributed by atoms with Gasteiger partial charge < -0.3 is 4.90 Å². The molecule has 3 aliphatic rings. The van der Waals surface area contributed by atoms with E-state index >= 15 is 0 Å². The lowest BCUT2D eigenvalue weighted by Gasteiger charge is -2.42. The van der Waals surface area contributed by atoms with Gasteiger partial charge in [0.2, 0.25) is 0 Å². The molecule has 2 aliphatic carbocycles. The smallest absolute Gasteiger partial charge is 0.0198 e. The predicted octanol–water partition coefficient (Wildman–Crippen LogP) is 1.42. The van der Waals surface area contributed by atoms with Crippen LogP contribution in [0.3, 0.4) is 0 Å². The highest BCUT2D eigenvalue weighted by Crippen LogP contribution is 2.53. The van der Waals surface area contributed by atoms with E-state index in [-0.39, 0.29) is 0 Å². The summed E-state index contributed by atoms with van der Waals surface area (Å²) in [7, 11) is 2.25. The fourth-order valence-corrected chi connectivity index (χ4v) is 3.65. The second-order valence-corrected chi connectivity index (χ2v) is 5.73. The second-order valence-electron chi connectivity index (χ2n) is 5.73. The van der Waals surface area contributed by atoms with Crippen molar-refractivity contribution < 1.29 is 0 Å². The lowest BCUT2D eigenvalue weighted by Crippen LogP contribution is -2.53. The molecule has 0 aromatic rings. The Morgan fingerprint density at radius 3 is 2.36 bits per heavy atom. The Balaban J connectivity index is 1.61. The maximum Gasteiger partial charge on any atom is 0.0198 e. The third-order valence-corrected chi connectivity index (χ3v) is 4.57. The molecule has 3 fully saturated rings. The lowest BCUT2D eigenvalue weighted by atomic mass is 10.1. The van der Waals surface area contributed by atoms with Gasteiger partial charge >= 0.3 is 0 Å². The zero-order chi connectivity index (χ0) is 9.71. The monoisotopic (exact) mass is 194 g/mol. The van der Waals surface area contributed by atoms with Crippen LogP contribution in [-0.2, 0) is 0 Å². The maximum absolute atomic E-state index is 2.78. The molecule has 0 radical (unpaired) electrons. The van der Waals surface area contributed by atoms with Gasteiger partial charge in [-0.1, -0.05) is 0 Å². The van der Waals surface area contributed by atoms with E-state index in [9.17, 15) is 0 Å². The van der Waals surface area contributed by atoms with E-state index in [1.54, 1.807) is 6.42 Å². The highest BCUT2D eigenvalue weighted by Gasteiger charge is 2.48. The van der Waals surface area contributed by atoms with Crippen molar-refractivity contribution in [3.8, 4) is 0 Å². The van der Waals surface area contributed by atoms with E-state index in [0.29, 0.717) is 0 Å². The van der Waals surface area contributed by atoms with Crippen LogP contribution in [0.1, 0.15) is 26.2 Å². The number of fused-ring (bicyclic) bond motifs is 1. The molecule has 0 spiro atoms. The van der Waals surface area contributed by atoms with E-state index in [4.69, 9.17) is 0 Å². The molecule has 1 heterocycles. The summed E-state index contributed by atoms with van der Waals surface area (Å²) in [6.07, 6.45) is 4.58. The molecule has 1 aliphatic heterocycles. The normalized spacial score (nSPS) is 49.3. The van der Waals surface area contributed by atoms with Crippen LogP contribution in [0, 0.1) is 11.8 Å². The topological polar surface area (TPSA) is 6.48 Å². The highest BCUT2D eigenvalue weighted by molar-refractivity contribution is 5.01. The molecular formula is C12H22N2. The van der Waals surface area contributed by atoms with Gasteiger partial charge in [0.25, 0.3) is 0 Å². The maximum atomic E-state index is 2.78. The van der Waals surface area contributed by atoms with Crippen LogP contribution >= 0.6 is 0 Å². The van der Waals surface area contributed by atoms with E-state index in [2.05, 4.69) is 23.8 Å². The summed E-state index contributed by atoms with van der Waals surface area (Å²) >= 11 is 0. The summed E-state index contributed by atoms with van der Waals surface area (Å²) in [6.45, 7) is 6.25. The fourth-order valence-electron chi connectivity index (χ4n) is 3.65. The van der Waals surface area contributed by atoms with Crippen LogP contribution in [0.2, 0.25) is 0 Å². The first-order valence-corrected chi connectivity index (χ1v) is 6.18. The average Bonchev–Trinajstić information content (AvgIpc) is 2.74. The lowest BCUT2D eigenvalue weighted by molar-refractivity contribution is 0.0587.